The molecule has 1 atom stereocenters. The molecule has 20 heavy (non-hydrogen) atoms. The van der Waals surface area contributed by atoms with Crippen LogP contribution in [0.1, 0.15) is 47.2 Å². The van der Waals surface area contributed by atoms with E-state index in [1.165, 1.54) is 12.0 Å². The molecular weight excluding hydrogens is 250 g/mol. The van der Waals surface area contributed by atoms with Crippen molar-refractivity contribution in [2.75, 3.05) is 19.7 Å². The number of piperidine rings is 1. The topological polar surface area (TPSA) is 40.5 Å². The fraction of sp³-hybridized carbons (Fsp3) is 0.588. The number of carbonyl (C=O) groups is 1. The maximum Gasteiger partial charge on any atom is 0.177 e. The molecule has 0 saturated carbocycles. The first kappa shape index (κ1) is 15.2. The molecule has 1 aromatic carbocycles. The van der Waals surface area contributed by atoms with Gasteiger partial charge in [-0.3, -0.25) is 9.69 Å². The molecule has 1 saturated heterocycles. The highest BCUT2D eigenvalue weighted by atomic mass is 16.3. The Balaban J connectivity index is 2.05. The van der Waals surface area contributed by atoms with Crippen molar-refractivity contribution in [2.45, 2.75) is 45.6 Å². The molecule has 0 aromatic heterocycles. The summed E-state index contributed by atoms with van der Waals surface area (Å²) in [4.78, 5) is 14.7. The second-order valence-electron chi connectivity index (χ2n) is 5.87. The van der Waals surface area contributed by atoms with Crippen molar-refractivity contribution in [2.24, 2.45) is 0 Å². The molecule has 0 aliphatic carbocycles. The Bertz CT molecular complexity index is 468. The number of likely N-dealkylation sites (tertiary alicyclic amines) is 1. The number of hydrogen-bond donors (Lipinski definition) is 1. The molecule has 0 bridgehead atoms. The molecule has 1 fully saturated rings. The van der Waals surface area contributed by atoms with Gasteiger partial charge in [0.05, 0.1) is 6.54 Å². The number of rotatable bonds is 5. The molecule has 1 N–H and O–H groups in total. The lowest BCUT2D eigenvalue weighted by Gasteiger charge is -2.35. The zero-order valence-corrected chi connectivity index (χ0v) is 12.6. The van der Waals surface area contributed by atoms with Crippen LogP contribution >= 0.6 is 0 Å². The number of hydrogen-bond acceptors (Lipinski definition) is 3. The fourth-order valence-electron chi connectivity index (χ4n) is 3.14. The maximum atomic E-state index is 12.5. The average molecular weight is 275 g/mol. The lowest BCUT2D eigenvalue weighted by molar-refractivity contribution is 0.0798. The highest BCUT2D eigenvalue weighted by Gasteiger charge is 2.24. The summed E-state index contributed by atoms with van der Waals surface area (Å²) in [5.74, 6) is 0.201. The highest BCUT2D eigenvalue weighted by molar-refractivity contribution is 5.99. The molecule has 2 rings (SSSR count). The van der Waals surface area contributed by atoms with E-state index in [4.69, 9.17) is 5.11 Å². The van der Waals surface area contributed by atoms with Crippen LogP contribution in [0, 0.1) is 13.8 Å². The number of nitrogens with zero attached hydrogens (tertiary/aromatic N) is 1. The molecule has 3 heteroatoms. The van der Waals surface area contributed by atoms with Crippen LogP contribution in [0.15, 0.2) is 18.2 Å². The van der Waals surface area contributed by atoms with Crippen molar-refractivity contribution >= 4 is 5.78 Å². The van der Waals surface area contributed by atoms with Gasteiger partial charge in [-0.1, -0.05) is 30.2 Å². The number of aryl methyl sites for hydroxylation is 2. The summed E-state index contributed by atoms with van der Waals surface area (Å²) in [7, 11) is 0. The van der Waals surface area contributed by atoms with Gasteiger partial charge in [0, 0.05) is 18.2 Å². The Labute approximate surface area is 121 Å². The van der Waals surface area contributed by atoms with E-state index in [0.29, 0.717) is 12.6 Å². The molecule has 1 unspecified atom stereocenters. The predicted octanol–water partition coefficient (Wildman–Crippen LogP) is 2.72. The molecule has 0 radical (unpaired) electrons. The molecule has 1 aromatic rings. The van der Waals surface area contributed by atoms with Crippen LogP contribution in [0.3, 0.4) is 0 Å². The maximum absolute atomic E-state index is 12.5. The molecule has 1 aliphatic rings. The van der Waals surface area contributed by atoms with Crippen LogP contribution < -0.4 is 0 Å². The van der Waals surface area contributed by atoms with Gasteiger partial charge in [-0.05, 0) is 45.2 Å². The van der Waals surface area contributed by atoms with E-state index in [1.807, 2.05) is 26.0 Å². The summed E-state index contributed by atoms with van der Waals surface area (Å²) in [6, 6.07) is 6.37. The highest BCUT2D eigenvalue weighted by Crippen LogP contribution is 2.20. The van der Waals surface area contributed by atoms with Gasteiger partial charge >= 0.3 is 0 Å². The van der Waals surface area contributed by atoms with Crippen LogP contribution in [-0.2, 0) is 0 Å². The normalized spacial score (nSPS) is 20.1. The third-order valence-corrected chi connectivity index (χ3v) is 4.24. The van der Waals surface area contributed by atoms with E-state index in [9.17, 15) is 4.79 Å². The van der Waals surface area contributed by atoms with Crippen molar-refractivity contribution in [3.05, 3.63) is 34.9 Å². The van der Waals surface area contributed by atoms with E-state index >= 15 is 0 Å². The summed E-state index contributed by atoms with van der Waals surface area (Å²) >= 11 is 0. The van der Waals surface area contributed by atoms with Crippen molar-refractivity contribution < 1.29 is 9.90 Å². The van der Waals surface area contributed by atoms with Crippen LogP contribution in [0.5, 0.6) is 0 Å². The average Bonchev–Trinajstić information content (AvgIpc) is 2.41. The molecule has 1 heterocycles. The summed E-state index contributed by atoms with van der Waals surface area (Å²) in [6.07, 6.45) is 4.24. The SMILES string of the molecule is Cc1ccc(C(=O)CN2CCCCC2CCO)c(C)c1. The zero-order valence-electron chi connectivity index (χ0n) is 12.6. The van der Waals surface area contributed by atoms with Crippen molar-refractivity contribution in [1.82, 2.24) is 4.90 Å². The number of benzene rings is 1. The third-order valence-electron chi connectivity index (χ3n) is 4.24. The number of ketones is 1. The summed E-state index contributed by atoms with van der Waals surface area (Å²) in [5, 5.41) is 9.15. The van der Waals surface area contributed by atoms with Crippen molar-refractivity contribution in [3.8, 4) is 0 Å². The molecular formula is C17H25NO2. The summed E-state index contributed by atoms with van der Waals surface area (Å²) < 4.78 is 0. The number of Topliss-reactive ketones (excluding diaryl/α,β-unsaturated/α-hetero) is 1. The van der Waals surface area contributed by atoms with Gasteiger partial charge in [0.15, 0.2) is 5.78 Å². The van der Waals surface area contributed by atoms with Crippen molar-refractivity contribution in [1.29, 1.82) is 0 Å². The van der Waals surface area contributed by atoms with Gasteiger partial charge in [0.2, 0.25) is 0 Å². The van der Waals surface area contributed by atoms with Crippen LogP contribution in [-0.4, -0.2) is 41.5 Å². The summed E-state index contributed by atoms with van der Waals surface area (Å²) in [6.45, 7) is 5.71. The zero-order chi connectivity index (χ0) is 14.5. The Morgan fingerprint density at radius 2 is 2.15 bits per heavy atom. The number of aliphatic hydroxyl groups excluding tert-OH is 1. The van der Waals surface area contributed by atoms with E-state index in [0.717, 1.165) is 36.9 Å². The molecule has 110 valence electrons. The van der Waals surface area contributed by atoms with Gasteiger partial charge < -0.3 is 5.11 Å². The van der Waals surface area contributed by atoms with Crippen LogP contribution in [0.4, 0.5) is 0 Å². The molecule has 0 amide bonds. The molecule has 1 aliphatic heterocycles. The lowest BCUT2D eigenvalue weighted by atomic mass is 9.97. The Hall–Kier alpha value is -1.19. The van der Waals surface area contributed by atoms with Gasteiger partial charge in [0.1, 0.15) is 0 Å². The van der Waals surface area contributed by atoms with Crippen LogP contribution in [0.2, 0.25) is 0 Å². The molecule has 3 nitrogen and oxygen atoms in total. The first-order chi connectivity index (χ1) is 9.61. The Morgan fingerprint density at radius 3 is 2.85 bits per heavy atom. The van der Waals surface area contributed by atoms with E-state index in [1.54, 1.807) is 0 Å². The van der Waals surface area contributed by atoms with E-state index in [-0.39, 0.29) is 12.4 Å². The monoisotopic (exact) mass is 275 g/mol. The fourth-order valence-corrected chi connectivity index (χ4v) is 3.14. The minimum absolute atomic E-state index is 0.201. The lowest BCUT2D eigenvalue weighted by Crippen LogP contribution is -2.43. The number of carbonyl (C=O) groups excluding carboxylic acids is 1. The number of aliphatic hydroxyl groups is 1. The minimum atomic E-state index is 0.201. The van der Waals surface area contributed by atoms with Crippen molar-refractivity contribution in [3.63, 3.8) is 0 Å². The van der Waals surface area contributed by atoms with Gasteiger partial charge in [-0.15, -0.1) is 0 Å². The smallest absolute Gasteiger partial charge is 0.177 e. The largest absolute Gasteiger partial charge is 0.396 e. The van der Waals surface area contributed by atoms with Gasteiger partial charge in [-0.25, -0.2) is 0 Å². The minimum Gasteiger partial charge on any atom is -0.396 e. The van der Waals surface area contributed by atoms with Gasteiger partial charge in [0.25, 0.3) is 0 Å². The predicted molar refractivity (Wildman–Crippen MR) is 81.2 cm³/mol. The first-order valence-corrected chi connectivity index (χ1v) is 7.57. The van der Waals surface area contributed by atoms with E-state index < -0.39 is 0 Å². The molecule has 0 spiro atoms. The Kier molecular flexibility index (Phi) is 5.32. The standard InChI is InChI=1S/C17H25NO2/c1-13-6-7-16(14(2)11-13)17(20)12-18-9-4-3-5-15(18)8-10-19/h6-7,11,15,19H,3-5,8-10,12H2,1-2H3. The second kappa shape index (κ2) is 7.00. The third kappa shape index (κ3) is 3.68. The van der Waals surface area contributed by atoms with E-state index in [2.05, 4.69) is 11.0 Å². The Morgan fingerprint density at radius 1 is 1.35 bits per heavy atom. The second-order valence-corrected chi connectivity index (χ2v) is 5.87. The summed E-state index contributed by atoms with van der Waals surface area (Å²) in [5.41, 5.74) is 3.09. The van der Waals surface area contributed by atoms with Gasteiger partial charge in [-0.2, -0.15) is 0 Å². The first-order valence-electron chi connectivity index (χ1n) is 7.57. The van der Waals surface area contributed by atoms with Crippen LogP contribution in [0.25, 0.3) is 0 Å². The quantitative estimate of drug-likeness (QED) is 0.840.